The van der Waals surface area contributed by atoms with Crippen molar-refractivity contribution in [2.24, 2.45) is 0 Å². The molecule has 1 saturated heterocycles. The first-order valence-corrected chi connectivity index (χ1v) is 8.08. The predicted molar refractivity (Wildman–Crippen MR) is 90.7 cm³/mol. The first kappa shape index (κ1) is 16.1. The molecule has 1 atom stereocenters. The summed E-state index contributed by atoms with van der Waals surface area (Å²) in [6.07, 6.45) is 1.36. The van der Waals surface area contributed by atoms with Crippen LogP contribution in [0.3, 0.4) is 0 Å². The predicted octanol–water partition coefficient (Wildman–Crippen LogP) is 2.62. The Balaban J connectivity index is 1.48. The fourth-order valence-electron chi connectivity index (χ4n) is 2.71. The van der Waals surface area contributed by atoms with Crippen molar-refractivity contribution in [1.29, 1.82) is 0 Å². The van der Waals surface area contributed by atoms with Crippen LogP contribution in [0, 0.1) is 0 Å². The van der Waals surface area contributed by atoms with E-state index in [0.29, 0.717) is 6.42 Å². The van der Waals surface area contributed by atoms with Gasteiger partial charge in [0, 0.05) is 0 Å². The lowest BCUT2D eigenvalue weighted by Gasteiger charge is -2.13. The molecule has 1 aliphatic heterocycles. The highest BCUT2D eigenvalue weighted by Gasteiger charge is 2.37. The number of ether oxygens (including phenoxy) is 1. The van der Waals surface area contributed by atoms with Gasteiger partial charge in [0.15, 0.2) is 0 Å². The maximum absolute atomic E-state index is 12.4. The number of hydrogen-bond donors (Lipinski definition) is 1. The van der Waals surface area contributed by atoms with E-state index in [0.717, 1.165) is 17.7 Å². The van der Waals surface area contributed by atoms with Crippen molar-refractivity contribution in [3.8, 4) is 5.75 Å². The normalized spacial score (nSPS) is 17.0. The smallest absolute Gasteiger partial charge is 0.324 e. The van der Waals surface area contributed by atoms with Crippen molar-refractivity contribution in [1.82, 2.24) is 10.2 Å². The van der Waals surface area contributed by atoms with Crippen LogP contribution in [0.15, 0.2) is 60.7 Å². The molecule has 0 radical (unpaired) electrons. The van der Waals surface area contributed by atoms with Crippen LogP contribution in [0.2, 0.25) is 0 Å². The van der Waals surface area contributed by atoms with Gasteiger partial charge in [0.1, 0.15) is 18.4 Å². The van der Waals surface area contributed by atoms with Gasteiger partial charge in [0.2, 0.25) is 0 Å². The van der Waals surface area contributed by atoms with Gasteiger partial charge in [-0.05, 0) is 30.5 Å². The van der Waals surface area contributed by atoms with E-state index in [2.05, 4.69) is 5.32 Å². The topological polar surface area (TPSA) is 58.6 Å². The highest BCUT2D eigenvalue weighted by atomic mass is 16.5. The summed E-state index contributed by atoms with van der Waals surface area (Å²) in [7, 11) is 0. The monoisotopic (exact) mass is 324 g/mol. The molecule has 1 fully saturated rings. The summed E-state index contributed by atoms with van der Waals surface area (Å²) in [4.78, 5) is 25.6. The number of aryl methyl sites for hydroxylation is 1. The first-order valence-electron chi connectivity index (χ1n) is 8.08. The van der Waals surface area contributed by atoms with E-state index in [1.807, 2.05) is 60.7 Å². The molecule has 1 heterocycles. The zero-order valence-corrected chi connectivity index (χ0v) is 13.4. The fourth-order valence-corrected chi connectivity index (χ4v) is 2.71. The van der Waals surface area contributed by atoms with Crippen LogP contribution < -0.4 is 10.1 Å². The van der Waals surface area contributed by atoms with E-state index in [1.54, 1.807) is 0 Å². The highest BCUT2D eigenvalue weighted by molar-refractivity contribution is 6.04. The second-order valence-electron chi connectivity index (χ2n) is 5.68. The van der Waals surface area contributed by atoms with E-state index in [-0.39, 0.29) is 25.1 Å². The van der Waals surface area contributed by atoms with Crippen LogP contribution >= 0.6 is 0 Å². The minimum atomic E-state index is -0.450. The lowest BCUT2D eigenvalue weighted by Crippen LogP contribution is -2.35. The quantitative estimate of drug-likeness (QED) is 0.797. The molecule has 0 bridgehead atoms. The van der Waals surface area contributed by atoms with Gasteiger partial charge in [-0.3, -0.25) is 9.69 Å². The molecule has 124 valence electrons. The minimum Gasteiger partial charge on any atom is -0.492 e. The Bertz CT molecular complexity index is 688. The van der Waals surface area contributed by atoms with Crippen LogP contribution in [0.4, 0.5) is 4.79 Å². The zero-order valence-electron chi connectivity index (χ0n) is 13.4. The summed E-state index contributed by atoms with van der Waals surface area (Å²) in [5.74, 6) is 0.553. The van der Waals surface area contributed by atoms with E-state index in [1.165, 1.54) is 4.90 Å². The third-order valence-electron chi connectivity index (χ3n) is 4.00. The molecule has 1 unspecified atom stereocenters. The number of benzene rings is 2. The molecule has 5 heteroatoms. The minimum absolute atomic E-state index is 0.174. The van der Waals surface area contributed by atoms with Crippen molar-refractivity contribution in [2.75, 3.05) is 13.2 Å². The number of para-hydroxylation sites is 1. The van der Waals surface area contributed by atoms with Crippen LogP contribution in [0.5, 0.6) is 5.75 Å². The Morgan fingerprint density at radius 3 is 2.33 bits per heavy atom. The van der Waals surface area contributed by atoms with Crippen LogP contribution in [0.25, 0.3) is 0 Å². The average Bonchev–Trinajstić information content (AvgIpc) is 2.89. The zero-order chi connectivity index (χ0) is 16.8. The summed E-state index contributed by atoms with van der Waals surface area (Å²) >= 11 is 0. The molecule has 0 aromatic heterocycles. The summed E-state index contributed by atoms with van der Waals surface area (Å²) in [5.41, 5.74) is 1.16. The lowest BCUT2D eigenvalue weighted by molar-refractivity contribution is -0.127. The first-order chi connectivity index (χ1) is 11.7. The summed E-state index contributed by atoms with van der Waals surface area (Å²) in [6, 6.07) is 18.5. The maximum Gasteiger partial charge on any atom is 0.324 e. The molecule has 2 aromatic rings. The molecule has 24 heavy (non-hydrogen) atoms. The SMILES string of the molecule is O=C1NC(CCc2ccccc2)C(=O)N1CCOc1ccccc1. The highest BCUT2D eigenvalue weighted by Crippen LogP contribution is 2.13. The van der Waals surface area contributed by atoms with Gasteiger partial charge < -0.3 is 10.1 Å². The summed E-state index contributed by atoms with van der Waals surface area (Å²) < 4.78 is 5.56. The number of nitrogens with zero attached hydrogens (tertiary/aromatic N) is 1. The summed E-state index contributed by atoms with van der Waals surface area (Å²) in [5, 5.41) is 2.75. The van der Waals surface area contributed by atoms with Crippen molar-refractivity contribution in [2.45, 2.75) is 18.9 Å². The number of nitrogens with one attached hydrogen (secondary N) is 1. The standard InChI is InChI=1S/C19H20N2O3/c22-18-17(12-11-15-7-3-1-4-8-15)20-19(23)21(18)13-14-24-16-9-5-2-6-10-16/h1-10,17H,11-14H2,(H,20,23). The number of amides is 3. The molecule has 3 rings (SSSR count). The van der Waals surface area contributed by atoms with Crippen LogP contribution in [-0.4, -0.2) is 36.0 Å². The van der Waals surface area contributed by atoms with Gasteiger partial charge in [-0.15, -0.1) is 0 Å². The molecule has 5 nitrogen and oxygen atoms in total. The number of urea groups is 1. The van der Waals surface area contributed by atoms with Gasteiger partial charge in [-0.1, -0.05) is 48.5 Å². The van der Waals surface area contributed by atoms with Crippen LogP contribution in [-0.2, 0) is 11.2 Å². The van der Waals surface area contributed by atoms with E-state index in [9.17, 15) is 9.59 Å². The van der Waals surface area contributed by atoms with Gasteiger partial charge in [0.05, 0.1) is 6.54 Å². The third kappa shape index (κ3) is 3.93. The Labute approximate surface area is 141 Å². The average molecular weight is 324 g/mol. The summed E-state index contributed by atoms with van der Waals surface area (Å²) in [6.45, 7) is 0.538. The Kier molecular flexibility index (Phi) is 5.11. The second kappa shape index (κ2) is 7.64. The molecule has 0 saturated carbocycles. The van der Waals surface area contributed by atoms with Crippen molar-refractivity contribution < 1.29 is 14.3 Å². The molecule has 0 aliphatic carbocycles. The fraction of sp³-hybridized carbons (Fsp3) is 0.263. The van der Waals surface area contributed by atoms with Crippen molar-refractivity contribution >= 4 is 11.9 Å². The molecular weight excluding hydrogens is 304 g/mol. The number of carbonyl (C=O) groups is 2. The lowest BCUT2D eigenvalue weighted by atomic mass is 10.1. The van der Waals surface area contributed by atoms with E-state index in [4.69, 9.17) is 4.74 Å². The molecule has 1 aliphatic rings. The molecule has 2 aromatic carbocycles. The molecule has 1 N–H and O–H groups in total. The Hall–Kier alpha value is -2.82. The largest absolute Gasteiger partial charge is 0.492 e. The number of rotatable bonds is 7. The van der Waals surface area contributed by atoms with Crippen molar-refractivity contribution in [3.05, 3.63) is 66.2 Å². The number of carbonyl (C=O) groups excluding carboxylic acids is 2. The Morgan fingerprint density at radius 1 is 0.958 bits per heavy atom. The van der Waals surface area contributed by atoms with Gasteiger partial charge in [-0.25, -0.2) is 4.79 Å². The van der Waals surface area contributed by atoms with Gasteiger partial charge >= 0.3 is 6.03 Å². The van der Waals surface area contributed by atoms with Crippen molar-refractivity contribution in [3.63, 3.8) is 0 Å². The maximum atomic E-state index is 12.4. The molecular formula is C19H20N2O3. The van der Waals surface area contributed by atoms with E-state index < -0.39 is 6.04 Å². The number of imide groups is 1. The van der Waals surface area contributed by atoms with E-state index >= 15 is 0 Å². The Morgan fingerprint density at radius 2 is 1.62 bits per heavy atom. The van der Waals surface area contributed by atoms with Gasteiger partial charge in [0.25, 0.3) is 5.91 Å². The third-order valence-corrected chi connectivity index (χ3v) is 4.00. The molecule has 3 amide bonds. The van der Waals surface area contributed by atoms with Crippen LogP contribution in [0.1, 0.15) is 12.0 Å². The van der Waals surface area contributed by atoms with Gasteiger partial charge in [-0.2, -0.15) is 0 Å². The molecule has 0 spiro atoms. The number of hydrogen-bond acceptors (Lipinski definition) is 3. The second-order valence-corrected chi connectivity index (χ2v) is 5.68.